The number of phenolic OH excluding ortho intramolecular Hbond substituents is 1. The molecule has 0 saturated carbocycles. The van der Waals surface area contributed by atoms with Crippen LogP contribution in [0, 0.1) is 0 Å². The van der Waals surface area contributed by atoms with E-state index >= 15 is 0 Å². The Morgan fingerprint density at radius 1 is 1.37 bits per heavy atom. The second kappa shape index (κ2) is 5.81. The predicted molar refractivity (Wildman–Crippen MR) is 68.5 cm³/mol. The van der Waals surface area contributed by atoms with Crippen molar-refractivity contribution in [2.75, 3.05) is 7.11 Å². The number of benzene rings is 1. The van der Waals surface area contributed by atoms with E-state index in [0.29, 0.717) is 18.1 Å². The molecule has 0 aliphatic rings. The van der Waals surface area contributed by atoms with E-state index in [9.17, 15) is 5.11 Å². The highest BCUT2D eigenvalue weighted by Crippen LogP contribution is 2.19. The third-order valence-corrected chi connectivity index (χ3v) is 2.88. The van der Waals surface area contributed by atoms with Gasteiger partial charge in [0.25, 0.3) is 0 Å². The summed E-state index contributed by atoms with van der Waals surface area (Å²) in [6.07, 6.45) is 0.335. The van der Waals surface area contributed by atoms with E-state index in [1.807, 2.05) is 19.1 Å². The van der Waals surface area contributed by atoms with Crippen molar-refractivity contribution in [1.29, 1.82) is 0 Å². The molecule has 0 amide bonds. The highest BCUT2D eigenvalue weighted by molar-refractivity contribution is 5.26. The molecule has 0 radical (unpaired) electrons. The molecule has 1 unspecified atom stereocenters. The van der Waals surface area contributed by atoms with Crippen LogP contribution in [0.2, 0.25) is 0 Å². The van der Waals surface area contributed by atoms with Crippen molar-refractivity contribution in [3.05, 3.63) is 41.5 Å². The van der Waals surface area contributed by atoms with Gasteiger partial charge in [-0.2, -0.15) is 4.98 Å². The van der Waals surface area contributed by atoms with Crippen LogP contribution in [-0.4, -0.2) is 22.4 Å². The van der Waals surface area contributed by atoms with Crippen molar-refractivity contribution in [1.82, 2.24) is 10.1 Å². The number of methoxy groups -OCH3 is 1. The molecule has 6 heteroatoms. The zero-order valence-corrected chi connectivity index (χ0v) is 10.9. The molecular weight excluding hydrogens is 246 g/mol. The Hall–Kier alpha value is -1.92. The molecule has 1 aromatic heterocycles. The van der Waals surface area contributed by atoms with Crippen LogP contribution in [0.4, 0.5) is 0 Å². The number of aromatic hydroxyl groups is 1. The SMILES string of the molecule is COC(C)c1noc([C@H](N)Cc2ccc(O)cc2)n1. The molecule has 0 bridgehead atoms. The van der Waals surface area contributed by atoms with Crippen LogP contribution in [-0.2, 0) is 11.2 Å². The Labute approximate surface area is 111 Å². The van der Waals surface area contributed by atoms with Crippen LogP contribution in [0.1, 0.15) is 36.3 Å². The molecule has 2 rings (SSSR count). The predicted octanol–water partition coefficient (Wildman–Crippen LogP) is 1.73. The van der Waals surface area contributed by atoms with Crippen molar-refractivity contribution < 1.29 is 14.4 Å². The molecule has 0 saturated heterocycles. The molecule has 0 spiro atoms. The van der Waals surface area contributed by atoms with E-state index in [-0.39, 0.29) is 17.9 Å². The third-order valence-electron chi connectivity index (χ3n) is 2.88. The molecule has 0 fully saturated rings. The van der Waals surface area contributed by atoms with Crippen molar-refractivity contribution in [3.8, 4) is 5.75 Å². The Morgan fingerprint density at radius 3 is 2.68 bits per heavy atom. The van der Waals surface area contributed by atoms with E-state index in [1.165, 1.54) is 0 Å². The summed E-state index contributed by atoms with van der Waals surface area (Å²) in [6.45, 7) is 1.83. The average Bonchev–Trinajstić information content (AvgIpc) is 2.90. The van der Waals surface area contributed by atoms with Gasteiger partial charge in [-0.15, -0.1) is 0 Å². The average molecular weight is 263 g/mol. The van der Waals surface area contributed by atoms with Crippen LogP contribution in [0.5, 0.6) is 5.75 Å². The summed E-state index contributed by atoms with van der Waals surface area (Å²) in [6, 6.07) is 6.48. The van der Waals surface area contributed by atoms with Gasteiger partial charge < -0.3 is 20.1 Å². The Morgan fingerprint density at radius 2 is 2.05 bits per heavy atom. The summed E-state index contributed by atoms with van der Waals surface area (Å²) in [7, 11) is 1.58. The van der Waals surface area contributed by atoms with Gasteiger partial charge in [0, 0.05) is 7.11 Å². The lowest BCUT2D eigenvalue weighted by atomic mass is 10.1. The number of nitrogens with two attached hydrogens (primary N) is 1. The topological polar surface area (TPSA) is 94.4 Å². The minimum Gasteiger partial charge on any atom is -0.508 e. The number of ether oxygens (including phenoxy) is 1. The smallest absolute Gasteiger partial charge is 0.243 e. The molecular formula is C13H17N3O3. The Kier molecular flexibility index (Phi) is 4.13. The maximum absolute atomic E-state index is 9.21. The monoisotopic (exact) mass is 263 g/mol. The molecule has 6 nitrogen and oxygen atoms in total. The lowest BCUT2D eigenvalue weighted by Gasteiger charge is -2.06. The van der Waals surface area contributed by atoms with Gasteiger partial charge in [-0.1, -0.05) is 17.3 Å². The summed E-state index contributed by atoms with van der Waals surface area (Å²) in [4.78, 5) is 4.22. The summed E-state index contributed by atoms with van der Waals surface area (Å²) in [5.74, 6) is 1.09. The number of phenols is 1. The van der Waals surface area contributed by atoms with E-state index in [0.717, 1.165) is 5.56 Å². The minimum absolute atomic E-state index is 0.224. The second-order valence-electron chi connectivity index (χ2n) is 4.35. The molecule has 0 aliphatic carbocycles. The first kappa shape index (κ1) is 13.5. The Bertz CT molecular complexity index is 524. The van der Waals surface area contributed by atoms with Crippen molar-refractivity contribution in [3.63, 3.8) is 0 Å². The molecule has 3 N–H and O–H groups in total. The maximum atomic E-state index is 9.21. The van der Waals surface area contributed by atoms with Crippen LogP contribution < -0.4 is 5.73 Å². The van der Waals surface area contributed by atoms with Crippen molar-refractivity contribution >= 4 is 0 Å². The van der Waals surface area contributed by atoms with Gasteiger partial charge in [0.2, 0.25) is 5.89 Å². The zero-order valence-electron chi connectivity index (χ0n) is 10.9. The lowest BCUT2D eigenvalue weighted by molar-refractivity contribution is 0.109. The minimum atomic E-state index is -0.380. The zero-order chi connectivity index (χ0) is 13.8. The fourth-order valence-corrected chi connectivity index (χ4v) is 1.64. The van der Waals surface area contributed by atoms with Gasteiger partial charge in [-0.3, -0.25) is 0 Å². The fraction of sp³-hybridized carbons (Fsp3) is 0.385. The number of hydrogen-bond donors (Lipinski definition) is 2. The number of aromatic nitrogens is 2. The maximum Gasteiger partial charge on any atom is 0.243 e. The van der Waals surface area contributed by atoms with Gasteiger partial charge in [0.1, 0.15) is 11.9 Å². The van der Waals surface area contributed by atoms with E-state index in [2.05, 4.69) is 10.1 Å². The first-order chi connectivity index (χ1) is 9.10. The molecule has 2 aromatic rings. The summed E-state index contributed by atoms with van der Waals surface area (Å²) >= 11 is 0. The largest absolute Gasteiger partial charge is 0.508 e. The van der Waals surface area contributed by atoms with Gasteiger partial charge in [-0.05, 0) is 31.0 Å². The normalized spacial score (nSPS) is 14.3. The summed E-state index contributed by atoms with van der Waals surface area (Å²) in [5, 5.41) is 13.0. The highest BCUT2D eigenvalue weighted by Gasteiger charge is 2.18. The lowest BCUT2D eigenvalue weighted by Crippen LogP contribution is -2.14. The number of nitrogens with zero attached hydrogens (tertiary/aromatic N) is 2. The summed E-state index contributed by atoms with van der Waals surface area (Å²) < 4.78 is 10.2. The van der Waals surface area contributed by atoms with Crippen LogP contribution in [0.3, 0.4) is 0 Å². The molecule has 2 atom stereocenters. The quantitative estimate of drug-likeness (QED) is 0.853. The van der Waals surface area contributed by atoms with Gasteiger partial charge in [0.05, 0.1) is 6.04 Å². The van der Waals surface area contributed by atoms with Crippen LogP contribution in [0.25, 0.3) is 0 Å². The first-order valence-electron chi connectivity index (χ1n) is 6.00. The fourth-order valence-electron chi connectivity index (χ4n) is 1.64. The molecule has 102 valence electrons. The number of hydrogen-bond acceptors (Lipinski definition) is 6. The highest BCUT2D eigenvalue weighted by atomic mass is 16.5. The molecule has 1 aromatic carbocycles. The molecule has 19 heavy (non-hydrogen) atoms. The van der Waals surface area contributed by atoms with Gasteiger partial charge >= 0.3 is 0 Å². The first-order valence-corrected chi connectivity index (χ1v) is 6.00. The third kappa shape index (κ3) is 3.30. The van der Waals surface area contributed by atoms with Gasteiger partial charge in [-0.25, -0.2) is 0 Å². The van der Waals surface area contributed by atoms with E-state index in [4.69, 9.17) is 15.0 Å². The molecule has 1 heterocycles. The number of rotatable bonds is 5. The Balaban J connectivity index is 2.05. The summed E-state index contributed by atoms with van der Waals surface area (Å²) in [5.41, 5.74) is 7.01. The molecule has 0 aliphatic heterocycles. The van der Waals surface area contributed by atoms with Crippen molar-refractivity contribution in [2.24, 2.45) is 5.73 Å². The van der Waals surface area contributed by atoms with Crippen molar-refractivity contribution in [2.45, 2.75) is 25.5 Å². The van der Waals surface area contributed by atoms with Crippen LogP contribution >= 0.6 is 0 Å². The standard InChI is InChI=1S/C13H17N3O3/c1-8(18-2)12-15-13(19-16-12)11(14)7-9-3-5-10(17)6-4-9/h3-6,8,11,17H,7,14H2,1-2H3/t8?,11-/m1/s1. The van der Waals surface area contributed by atoms with Crippen LogP contribution in [0.15, 0.2) is 28.8 Å². The van der Waals surface area contributed by atoms with E-state index in [1.54, 1.807) is 19.2 Å². The second-order valence-corrected chi connectivity index (χ2v) is 4.35. The van der Waals surface area contributed by atoms with Gasteiger partial charge in [0.15, 0.2) is 5.82 Å². The van der Waals surface area contributed by atoms with E-state index < -0.39 is 0 Å².